The van der Waals surface area contributed by atoms with Gasteiger partial charge in [-0.2, -0.15) is 0 Å². The first-order valence-electron chi connectivity index (χ1n) is 5.16. The van der Waals surface area contributed by atoms with Crippen molar-refractivity contribution in [2.75, 3.05) is 11.9 Å². The molecular weight excluding hydrogens is 231 g/mol. The lowest BCUT2D eigenvalue weighted by Crippen LogP contribution is -2.35. The van der Waals surface area contributed by atoms with E-state index in [9.17, 15) is 9.18 Å². The quantitative estimate of drug-likeness (QED) is 0.835. The summed E-state index contributed by atoms with van der Waals surface area (Å²) in [6, 6.07) is 3.97. The molecule has 1 fully saturated rings. The predicted molar refractivity (Wildman–Crippen MR) is 61.1 cm³/mol. The van der Waals surface area contributed by atoms with E-state index >= 15 is 0 Å². The average molecular weight is 243 g/mol. The lowest BCUT2D eigenvalue weighted by Gasteiger charge is -2.11. The van der Waals surface area contributed by atoms with Gasteiger partial charge in [-0.1, -0.05) is 11.6 Å². The minimum absolute atomic E-state index is 0.170. The molecule has 5 heteroatoms. The third-order valence-electron chi connectivity index (χ3n) is 2.57. The highest BCUT2D eigenvalue weighted by atomic mass is 35.5. The molecule has 86 valence electrons. The zero-order chi connectivity index (χ0) is 11.5. The van der Waals surface area contributed by atoms with E-state index in [1.54, 1.807) is 6.07 Å². The van der Waals surface area contributed by atoms with Gasteiger partial charge < -0.3 is 10.6 Å². The number of rotatable bonds is 2. The number of hydrogen-bond donors (Lipinski definition) is 2. The highest BCUT2D eigenvalue weighted by Gasteiger charge is 2.22. The van der Waals surface area contributed by atoms with Gasteiger partial charge in [0.2, 0.25) is 5.91 Å². The van der Waals surface area contributed by atoms with Gasteiger partial charge in [-0.3, -0.25) is 4.79 Å². The Kier molecular flexibility index (Phi) is 3.41. The van der Waals surface area contributed by atoms with Crippen LogP contribution >= 0.6 is 11.6 Å². The van der Waals surface area contributed by atoms with Crippen LogP contribution in [0.5, 0.6) is 0 Å². The Morgan fingerprint density at radius 1 is 1.56 bits per heavy atom. The largest absolute Gasteiger partial charge is 0.322 e. The van der Waals surface area contributed by atoms with Crippen LogP contribution in [0.2, 0.25) is 5.02 Å². The normalized spacial score (nSPS) is 19.8. The van der Waals surface area contributed by atoms with Gasteiger partial charge in [-0.15, -0.1) is 0 Å². The number of hydrogen-bond acceptors (Lipinski definition) is 2. The molecule has 1 aromatic carbocycles. The maximum Gasteiger partial charge on any atom is 0.241 e. The smallest absolute Gasteiger partial charge is 0.241 e. The van der Waals surface area contributed by atoms with E-state index in [1.807, 2.05) is 0 Å². The van der Waals surface area contributed by atoms with Crippen LogP contribution in [0.1, 0.15) is 12.8 Å². The second kappa shape index (κ2) is 4.80. The second-order valence-electron chi connectivity index (χ2n) is 3.76. The molecule has 0 aliphatic carbocycles. The molecule has 0 saturated carbocycles. The third kappa shape index (κ3) is 2.51. The summed E-state index contributed by atoms with van der Waals surface area (Å²) in [6.45, 7) is 0.835. The van der Waals surface area contributed by atoms with E-state index in [4.69, 9.17) is 11.6 Å². The molecule has 1 heterocycles. The first kappa shape index (κ1) is 11.4. The molecule has 3 nitrogen and oxygen atoms in total. The lowest BCUT2D eigenvalue weighted by molar-refractivity contribution is -0.117. The fraction of sp³-hybridized carbons (Fsp3) is 0.364. The van der Waals surface area contributed by atoms with E-state index in [0.717, 1.165) is 19.4 Å². The van der Waals surface area contributed by atoms with Gasteiger partial charge in [-0.05, 0) is 37.6 Å². The summed E-state index contributed by atoms with van der Waals surface area (Å²) < 4.78 is 13.4. The van der Waals surface area contributed by atoms with Crippen LogP contribution in [-0.4, -0.2) is 18.5 Å². The van der Waals surface area contributed by atoms with Crippen molar-refractivity contribution in [1.82, 2.24) is 5.32 Å². The number of anilines is 1. The van der Waals surface area contributed by atoms with E-state index in [0.29, 0.717) is 5.02 Å². The first-order valence-corrected chi connectivity index (χ1v) is 5.54. The molecule has 16 heavy (non-hydrogen) atoms. The Morgan fingerprint density at radius 3 is 3.00 bits per heavy atom. The van der Waals surface area contributed by atoms with Crippen molar-refractivity contribution in [3.8, 4) is 0 Å². The summed E-state index contributed by atoms with van der Waals surface area (Å²) >= 11 is 5.62. The van der Waals surface area contributed by atoms with Crippen LogP contribution in [-0.2, 0) is 4.79 Å². The maximum atomic E-state index is 13.4. The van der Waals surface area contributed by atoms with Gasteiger partial charge in [0.15, 0.2) is 0 Å². The van der Waals surface area contributed by atoms with Crippen LogP contribution in [0.4, 0.5) is 10.1 Å². The van der Waals surface area contributed by atoms with Gasteiger partial charge in [0.1, 0.15) is 5.82 Å². The maximum absolute atomic E-state index is 13.4. The van der Waals surface area contributed by atoms with E-state index in [1.165, 1.54) is 12.1 Å². The van der Waals surface area contributed by atoms with Crippen LogP contribution < -0.4 is 10.6 Å². The SMILES string of the molecule is O=C(Nc1ccc(Cl)cc1F)[C@H]1CCCN1. The molecule has 0 aromatic heterocycles. The minimum Gasteiger partial charge on any atom is -0.322 e. The lowest BCUT2D eigenvalue weighted by atomic mass is 10.2. The summed E-state index contributed by atoms with van der Waals surface area (Å²) in [5.74, 6) is -0.711. The summed E-state index contributed by atoms with van der Waals surface area (Å²) in [5.41, 5.74) is 0.170. The van der Waals surface area contributed by atoms with E-state index < -0.39 is 5.82 Å². The van der Waals surface area contributed by atoms with Gasteiger partial charge in [0.05, 0.1) is 11.7 Å². The van der Waals surface area contributed by atoms with Crippen molar-refractivity contribution < 1.29 is 9.18 Å². The first-order chi connectivity index (χ1) is 7.66. The number of benzene rings is 1. The van der Waals surface area contributed by atoms with Gasteiger partial charge in [-0.25, -0.2) is 4.39 Å². The Bertz CT molecular complexity index is 405. The highest BCUT2D eigenvalue weighted by Crippen LogP contribution is 2.19. The number of carbonyl (C=O) groups is 1. The van der Waals surface area contributed by atoms with Gasteiger partial charge in [0, 0.05) is 5.02 Å². The third-order valence-corrected chi connectivity index (χ3v) is 2.80. The van der Waals surface area contributed by atoms with Gasteiger partial charge >= 0.3 is 0 Å². The van der Waals surface area contributed by atoms with Gasteiger partial charge in [0.25, 0.3) is 0 Å². The van der Waals surface area contributed by atoms with Crippen molar-refractivity contribution in [2.24, 2.45) is 0 Å². The molecule has 0 unspecified atom stereocenters. The summed E-state index contributed by atoms with van der Waals surface area (Å²) in [6.07, 6.45) is 1.77. The van der Waals surface area contributed by atoms with Crippen LogP contribution in [0.15, 0.2) is 18.2 Å². The molecule has 2 rings (SSSR count). The molecule has 1 aliphatic rings. The van der Waals surface area contributed by atoms with Crippen LogP contribution in [0.3, 0.4) is 0 Å². The standard InChI is InChI=1S/C11H12ClFN2O/c12-7-3-4-9(8(13)6-7)15-11(16)10-2-1-5-14-10/h3-4,6,10,14H,1-2,5H2,(H,15,16)/t10-/m1/s1. The van der Waals surface area contributed by atoms with E-state index in [2.05, 4.69) is 10.6 Å². The van der Waals surface area contributed by atoms with Crippen molar-refractivity contribution in [3.63, 3.8) is 0 Å². The zero-order valence-corrected chi connectivity index (χ0v) is 9.35. The minimum atomic E-state index is -0.515. The molecule has 1 aliphatic heterocycles. The number of nitrogens with one attached hydrogen (secondary N) is 2. The monoisotopic (exact) mass is 242 g/mol. The van der Waals surface area contributed by atoms with Crippen molar-refractivity contribution in [2.45, 2.75) is 18.9 Å². The molecule has 1 saturated heterocycles. The second-order valence-corrected chi connectivity index (χ2v) is 4.20. The Balaban J connectivity index is 2.05. The van der Waals surface area contributed by atoms with Crippen molar-refractivity contribution >= 4 is 23.2 Å². The fourth-order valence-electron chi connectivity index (χ4n) is 1.72. The van der Waals surface area contributed by atoms with Crippen molar-refractivity contribution in [1.29, 1.82) is 0 Å². The molecule has 1 amide bonds. The molecule has 0 bridgehead atoms. The summed E-state index contributed by atoms with van der Waals surface area (Å²) in [4.78, 5) is 11.7. The van der Waals surface area contributed by atoms with Crippen LogP contribution in [0.25, 0.3) is 0 Å². The zero-order valence-electron chi connectivity index (χ0n) is 8.59. The Morgan fingerprint density at radius 2 is 2.38 bits per heavy atom. The molecular formula is C11H12ClFN2O. The van der Waals surface area contributed by atoms with E-state index in [-0.39, 0.29) is 17.6 Å². The number of halogens is 2. The Labute approximate surface area is 98.0 Å². The molecule has 1 aromatic rings. The Hall–Kier alpha value is -1.13. The average Bonchev–Trinajstić information content (AvgIpc) is 2.75. The fourth-order valence-corrected chi connectivity index (χ4v) is 1.88. The molecule has 2 N–H and O–H groups in total. The predicted octanol–water partition coefficient (Wildman–Crippen LogP) is 2.17. The summed E-state index contributed by atoms with van der Waals surface area (Å²) in [7, 11) is 0. The van der Waals surface area contributed by atoms with Crippen LogP contribution in [0, 0.1) is 5.82 Å². The highest BCUT2D eigenvalue weighted by molar-refractivity contribution is 6.30. The summed E-state index contributed by atoms with van der Waals surface area (Å²) in [5, 5.41) is 5.91. The number of carbonyl (C=O) groups excluding carboxylic acids is 1. The van der Waals surface area contributed by atoms with Crippen molar-refractivity contribution in [3.05, 3.63) is 29.0 Å². The topological polar surface area (TPSA) is 41.1 Å². The molecule has 0 spiro atoms. The molecule has 1 atom stereocenters. The molecule has 0 radical (unpaired) electrons. The number of amides is 1.